The molecule has 0 aliphatic heterocycles. The molecular formula is C5H9ClN2O2S. The Morgan fingerprint density at radius 2 is 2.18 bits per heavy atom. The highest BCUT2D eigenvalue weighted by molar-refractivity contribution is 7.90. The highest BCUT2D eigenvalue weighted by Crippen LogP contribution is 1.89. The molecule has 0 unspecified atom stereocenters. The Balaban J connectivity index is 3.49. The zero-order valence-corrected chi connectivity index (χ0v) is 7.45. The van der Waals surface area contributed by atoms with Gasteiger partial charge in [0, 0.05) is 13.0 Å². The topological polar surface area (TPSA) is 70.0 Å². The fourth-order valence-corrected chi connectivity index (χ4v) is 1.20. The fraction of sp³-hybridized carbons (Fsp3) is 0.800. The summed E-state index contributed by atoms with van der Waals surface area (Å²) in [5.74, 6) is 0. The molecule has 0 amide bonds. The van der Waals surface area contributed by atoms with Gasteiger partial charge in [0.1, 0.15) is 5.21 Å². The van der Waals surface area contributed by atoms with Gasteiger partial charge in [0.15, 0.2) is 0 Å². The third-order valence-corrected chi connectivity index (χ3v) is 2.72. The highest BCUT2D eigenvalue weighted by atomic mass is 35.5. The van der Waals surface area contributed by atoms with Crippen LogP contribution in [0.15, 0.2) is 0 Å². The van der Waals surface area contributed by atoms with Crippen molar-refractivity contribution < 1.29 is 8.42 Å². The van der Waals surface area contributed by atoms with Gasteiger partial charge < -0.3 is 0 Å². The van der Waals surface area contributed by atoms with Crippen LogP contribution in [-0.4, -0.2) is 20.2 Å². The Kier molecular flexibility index (Phi) is 5.20. The summed E-state index contributed by atoms with van der Waals surface area (Å²) < 4.78 is 23.5. The van der Waals surface area contributed by atoms with Crippen molar-refractivity contribution in [2.75, 3.05) is 11.8 Å². The van der Waals surface area contributed by atoms with Gasteiger partial charge in [0.2, 0.25) is 10.0 Å². The number of nitrogens with zero attached hydrogens (tertiary/aromatic N) is 1. The van der Waals surface area contributed by atoms with Crippen molar-refractivity contribution in [1.82, 2.24) is 4.72 Å². The lowest BCUT2D eigenvalue weighted by Gasteiger charge is -1.99. The van der Waals surface area contributed by atoms with E-state index >= 15 is 0 Å². The Labute approximate surface area is 71.2 Å². The number of halogens is 1. The normalized spacial score (nSPS) is 10.9. The second kappa shape index (κ2) is 5.35. The van der Waals surface area contributed by atoms with Crippen molar-refractivity contribution in [3.8, 4) is 6.07 Å². The molecule has 0 saturated heterocycles. The molecule has 0 rings (SSSR count). The largest absolute Gasteiger partial charge is 0.225 e. The van der Waals surface area contributed by atoms with Crippen LogP contribution in [0.25, 0.3) is 0 Å². The van der Waals surface area contributed by atoms with Gasteiger partial charge in [-0.1, -0.05) is 0 Å². The van der Waals surface area contributed by atoms with E-state index < -0.39 is 15.2 Å². The number of sulfonamides is 1. The summed E-state index contributed by atoms with van der Waals surface area (Å²) in [5, 5.41) is 7.67. The standard InChI is InChI=1S/C5H9ClN2O2S/c6-5-11(9,10)8-4-2-1-3-7/h8H,1-2,4-5H2. The predicted octanol–water partition coefficient (Wildman–Crippen LogP) is 0.406. The summed E-state index contributed by atoms with van der Waals surface area (Å²) in [5.41, 5.74) is 0. The van der Waals surface area contributed by atoms with Crippen LogP contribution >= 0.6 is 11.6 Å². The van der Waals surface area contributed by atoms with E-state index in [9.17, 15) is 8.42 Å². The second-order valence-electron chi connectivity index (χ2n) is 1.88. The molecule has 4 nitrogen and oxygen atoms in total. The first-order valence-corrected chi connectivity index (χ1v) is 5.21. The van der Waals surface area contributed by atoms with Crippen molar-refractivity contribution in [2.24, 2.45) is 0 Å². The van der Waals surface area contributed by atoms with Crippen molar-refractivity contribution in [1.29, 1.82) is 5.26 Å². The van der Waals surface area contributed by atoms with Crippen LogP contribution in [0, 0.1) is 11.3 Å². The highest BCUT2D eigenvalue weighted by Gasteiger charge is 2.04. The average molecular weight is 197 g/mol. The quantitative estimate of drug-likeness (QED) is 0.511. The molecule has 0 heterocycles. The molecule has 0 aromatic rings. The lowest BCUT2D eigenvalue weighted by molar-refractivity contribution is 0.584. The number of rotatable bonds is 5. The van der Waals surface area contributed by atoms with Crippen LogP contribution in [0.1, 0.15) is 12.8 Å². The number of hydrogen-bond donors (Lipinski definition) is 1. The summed E-state index contributed by atoms with van der Waals surface area (Å²) in [6, 6.07) is 1.90. The smallest absolute Gasteiger partial charge is 0.214 e. The summed E-state index contributed by atoms with van der Waals surface area (Å²) in [4.78, 5) is 0. The molecule has 0 aromatic heterocycles. The van der Waals surface area contributed by atoms with Gasteiger partial charge in [-0.05, 0) is 6.42 Å². The van der Waals surface area contributed by atoms with Crippen molar-refractivity contribution in [3.63, 3.8) is 0 Å². The van der Waals surface area contributed by atoms with Gasteiger partial charge in [-0.15, -0.1) is 11.6 Å². The second-order valence-corrected chi connectivity index (χ2v) is 4.27. The van der Waals surface area contributed by atoms with E-state index in [0.29, 0.717) is 12.8 Å². The molecule has 1 N–H and O–H groups in total. The van der Waals surface area contributed by atoms with E-state index in [2.05, 4.69) is 4.72 Å². The van der Waals surface area contributed by atoms with E-state index in [-0.39, 0.29) is 6.54 Å². The maximum atomic E-state index is 10.6. The van der Waals surface area contributed by atoms with Gasteiger partial charge in [0.25, 0.3) is 0 Å². The summed E-state index contributed by atoms with van der Waals surface area (Å²) >= 11 is 5.09. The average Bonchev–Trinajstić information content (AvgIpc) is 1.99. The van der Waals surface area contributed by atoms with E-state index in [1.54, 1.807) is 0 Å². The number of hydrogen-bond acceptors (Lipinski definition) is 3. The van der Waals surface area contributed by atoms with E-state index in [4.69, 9.17) is 16.9 Å². The first-order chi connectivity index (χ1) is 5.12. The molecular weight excluding hydrogens is 188 g/mol. The van der Waals surface area contributed by atoms with Crippen LogP contribution in [0.4, 0.5) is 0 Å². The summed E-state index contributed by atoms with van der Waals surface area (Å²) in [7, 11) is -3.29. The van der Waals surface area contributed by atoms with E-state index in [1.807, 2.05) is 6.07 Å². The lowest BCUT2D eigenvalue weighted by Crippen LogP contribution is -2.25. The SMILES string of the molecule is N#CCCCNS(=O)(=O)CCl. The maximum absolute atomic E-state index is 10.6. The lowest BCUT2D eigenvalue weighted by atomic mass is 10.3. The van der Waals surface area contributed by atoms with Gasteiger partial charge in [-0.3, -0.25) is 0 Å². The van der Waals surface area contributed by atoms with Crippen LogP contribution in [-0.2, 0) is 10.0 Å². The minimum absolute atomic E-state index is 0.280. The van der Waals surface area contributed by atoms with Gasteiger partial charge in [0.05, 0.1) is 6.07 Å². The molecule has 0 bridgehead atoms. The molecule has 0 aromatic carbocycles. The van der Waals surface area contributed by atoms with Crippen molar-refractivity contribution in [2.45, 2.75) is 12.8 Å². The number of alkyl halides is 1. The fourth-order valence-electron chi connectivity index (χ4n) is 0.434. The van der Waals surface area contributed by atoms with E-state index in [1.165, 1.54) is 0 Å². The zero-order chi connectivity index (χ0) is 8.74. The monoisotopic (exact) mass is 196 g/mol. The molecule has 0 atom stereocenters. The molecule has 0 aliphatic rings. The molecule has 0 aliphatic carbocycles. The molecule has 0 spiro atoms. The summed E-state index contributed by atoms with van der Waals surface area (Å²) in [6.07, 6.45) is 0.872. The molecule has 6 heteroatoms. The predicted molar refractivity (Wildman–Crippen MR) is 42.5 cm³/mol. The molecule has 0 fully saturated rings. The van der Waals surface area contributed by atoms with Crippen LogP contribution in [0.3, 0.4) is 0 Å². The number of unbranched alkanes of at least 4 members (excludes halogenated alkanes) is 1. The molecule has 0 radical (unpaired) electrons. The molecule has 0 saturated carbocycles. The van der Waals surface area contributed by atoms with Crippen molar-refractivity contribution in [3.05, 3.63) is 0 Å². The first kappa shape index (κ1) is 10.7. The number of nitriles is 1. The van der Waals surface area contributed by atoms with Gasteiger partial charge >= 0.3 is 0 Å². The summed E-state index contributed by atoms with van der Waals surface area (Å²) in [6.45, 7) is 0.280. The Morgan fingerprint density at radius 1 is 1.55 bits per heavy atom. The Bertz CT molecular complexity index is 231. The van der Waals surface area contributed by atoms with Crippen LogP contribution in [0.2, 0.25) is 0 Å². The third-order valence-electron chi connectivity index (χ3n) is 0.931. The number of nitrogens with one attached hydrogen (secondary N) is 1. The van der Waals surface area contributed by atoms with Crippen LogP contribution in [0.5, 0.6) is 0 Å². The van der Waals surface area contributed by atoms with Gasteiger partial charge in [-0.25, -0.2) is 13.1 Å². The van der Waals surface area contributed by atoms with Crippen molar-refractivity contribution >= 4 is 21.6 Å². The van der Waals surface area contributed by atoms with Crippen LogP contribution < -0.4 is 4.72 Å². The first-order valence-electron chi connectivity index (χ1n) is 3.02. The Morgan fingerprint density at radius 3 is 2.64 bits per heavy atom. The zero-order valence-electron chi connectivity index (χ0n) is 5.88. The Hall–Kier alpha value is -0.310. The minimum atomic E-state index is -3.29. The molecule has 11 heavy (non-hydrogen) atoms. The minimum Gasteiger partial charge on any atom is -0.214 e. The van der Waals surface area contributed by atoms with Gasteiger partial charge in [-0.2, -0.15) is 5.26 Å². The molecule has 64 valence electrons. The van der Waals surface area contributed by atoms with E-state index in [0.717, 1.165) is 0 Å². The third kappa shape index (κ3) is 6.10. The maximum Gasteiger partial charge on any atom is 0.225 e.